The smallest absolute Gasteiger partial charge is 0.238 e. The van der Waals surface area contributed by atoms with Crippen LogP contribution in [0.2, 0.25) is 0 Å². The van der Waals surface area contributed by atoms with Crippen molar-refractivity contribution in [3.05, 3.63) is 16.4 Å². The van der Waals surface area contributed by atoms with E-state index in [1.54, 1.807) is 6.07 Å². The molecule has 0 fully saturated rings. The number of hydrogen-bond donors (Lipinski definition) is 0. The molecule has 0 aliphatic heterocycles. The van der Waals surface area contributed by atoms with Crippen molar-refractivity contribution in [2.75, 3.05) is 0 Å². The fraction of sp³-hybridized carbons (Fsp3) is 0.333. The lowest BCUT2D eigenvalue weighted by atomic mass is 10.2. The maximum atomic E-state index is 10.2. The molecule has 0 aromatic carbocycles. The fourth-order valence-electron chi connectivity index (χ4n) is 0.642. The number of carbonyl (C=O) groups excluding carboxylic acids is 1. The average Bonchev–Trinajstić information content (AvgIpc) is 2.31. The van der Waals surface area contributed by atoms with E-state index in [0.29, 0.717) is 16.8 Å². The molecular formula is C6H6BrN2O2. The van der Waals surface area contributed by atoms with Gasteiger partial charge in [0.2, 0.25) is 5.91 Å². The second-order valence-corrected chi connectivity index (χ2v) is 2.85. The van der Waals surface area contributed by atoms with E-state index in [4.69, 9.17) is 10.3 Å². The van der Waals surface area contributed by atoms with Gasteiger partial charge in [0.25, 0.3) is 0 Å². The monoisotopic (exact) mass is 217 g/mol. The molecule has 1 heterocycles. The molecule has 1 rings (SSSR count). The van der Waals surface area contributed by atoms with Crippen molar-refractivity contribution in [3.8, 4) is 0 Å². The lowest BCUT2D eigenvalue weighted by Gasteiger charge is -1.87. The third kappa shape index (κ3) is 2.71. The van der Waals surface area contributed by atoms with E-state index in [1.807, 2.05) is 0 Å². The summed E-state index contributed by atoms with van der Waals surface area (Å²) < 4.78 is 5.40. The van der Waals surface area contributed by atoms with Gasteiger partial charge in [-0.15, -0.1) is 0 Å². The number of carbonyl (C=O) groups is 1. The Labute approximate surface area is 71.9 Å². The third-order valence-electron chi connectivity index (χ3n) is 1.13. The highest BCUT2D eigenvalue weighted by Gasteiger charge is 2.03. The van der Waals surface area contributed by atoms with Gasteiger partial charge in [0.05, 0.1) is 0 Å². The summed E-state index contributed by atoms with van der Waals surface area (Å²) in [5.74, 6) is 0.0370. The van der Waals surface area contributed by atoms with Gasteiger partial charge >= 0.3 is 0 Å². The molecule has 4 nitrogen and oxygen atoms in total. The van der Waals surface area contributed by atoms with Gasteiger partial charge in [-0.25, -0.2) is 0 Å². The summed E-state index contributed by atoms with van der Waals surface area (Å²) in [5, 5.41) is 3.56. The van der Waals surface area contributed by atoms with Crippen molar-refractivity contribution in [1.29, 1.82) is 0 Å². The highest BCUT2D eigenvalue weighted by molar-refractivity contribution is 9.10. The van der Waals surface area contributed by atoms with Crippen LogP contribution in [0.4, 0.5) is 0 Å². The molecule has 0 unspecified atom stereocenters. The van der Waals surface area contributed by atoms with Crippen molar-refractivity contribution < 1.29 is 9.32 Å². The number of hydrogen-bond acceptors (Lipinski definition) is 3. The number of nitrogens with zero attached hydrogens (tertiary/aromatic N) is 1. The molecular weight excluding hydrogens is 212 g/mol. The SMILES string of the molecule is [NH]C(=O)CCc1cc(Br)no1. The Morgan fingerprint density at radius 2 is 2.55 bits per heavy atom. The van der Waals surface area contributed by atoms with Crippen LogP contribution in [0, 0.1) is 0 Å². The van der Waals surface area contributed by atoms with E-state index in [-0.39, 0.29) is 6.42 Å². The summed E-state index contributed by atoms with van der Waals surface area (Å²) in [6.45, 7) is 0. The molecule has 0 saturated heterocycles. The summed E-state index contributed by atoms with van der Waals surface area (Å²) in [5.41, 5.74) is 6.62. The Morgan fingerprint density at radius 1 is 1.82 bits per heavy atom. The summed E-state index contributed by atoms with van der Waals surface area (Å²) in [6, 6.07) is 1.68. The van der Waals surface area contributed by atoms with Crippen molar-refractivity contribution in [3.63, 3.8) is 0 Å². The highest BCUT2D eigenvalue weighted by Crippen LogP contribution is 2.10. The molecule has 1 aromatic heterocycles. The van der Waals surface area contributed by atoms with Crippen LogP contribution >= 0.6 is 15.9 Å². The van der Waals surface area contributed by atoms with Crippen LogP contribution in [0.15, 0.2) is 15.2 Å². The minimum absolute atomic E-state index is 0.182. The second-order valence-electron chi connectivity index (χ2n) is 2.04. The molecule has 0 spiro atoms. The zero-order chi connectivity index (χ0) is 8.27. The molecule has 1 amide bonds. The number of aromatic nitrogens is 1. The first-order valence-electron chi connectivity index (χ1n) is 3.04. The summed E-state index contributed by atoms with van der Waals surface area (Å²) >= 11 is 3.10. The van der Waals surface area contributed by atoms with Crippen molar-refractivity contribution in [1.82, 2.24) is 10.9 Å². The summed E-state index contributed by atoms with van der Waals surface area (Å²) in [6.07, 6.45) is 0.628. The lowest BCUT2D eigenvalue weighted by molar-refractivity contribution is -0.118. The van der Waals surface area contributed by atoms with Gasteiger partial charge in [-0.05, 0) is 15.9 Å². The third-order valence-corrected chi connectivity index (χ3v) is 1.50. The number of amides is 1. The summed E-state index contributed by atoms with van der Waals surface area (Å²) in [4.78, 5) is 10.2. The normalized spacial score (nSPS) is 9.91. The molecule has 0 aliphatic rings. The van der Waals surface area contributed by atoms with Gasteiger partial charge in [-0.3, -0.25) is 10.5 Å². The van der Waals surface area contributed by atoms with E-state index in [0.717, 1.165) is 0 Å². The number of aryl methyl sites for hydroxylation is 1. The Kier molecular flexibility index (Phi) is 2.64. The lowest BCUT2D eigenvalue weighted by Crippen LogP contribution is -1.98. The highest BCUT2D eigenvalue weighted by atomic mass is 79.9. The van der Waals surface area contributed by atoms with Crippen molar-refractivity contribution in [2.45, 2.75) is 12.8 Å². The molecule has 1 radical (unpaired) electrons. The maximum absolute atomic E-state index is 10.2. The van der Waals surface area contributed by atoms with Crippen molar-refractivity contribution in [2.24, 2.45) is 0 Å². The van der Waals surface area contributed by atoms with Crippen LogP contribution in [0.25, 0.3) is 0 Å². The molecule has 0 bridgehead atoms. The number of nitrogens with one attached hydrogen (secondary N) is 1. The maximum Gasteiger partial charge on any atom is 0.238 e. The van der Waals surface area contributed by atoms with Gasteiger partial charge < -0.3 is 4.52 Å². The van der Waals surface area contributed by atoms with Gasteiger partial charge in [0.15, 0.2) is 0 Å². The predicted octanol–water partition coefficient (Wildman–Crippen LogP) is 1.18. The number of halogens is 1. The molecule has 1 N–H and O–H groups in total. The molecule has 59 valence electrons. The van der Waals surface area contributed by atoms with E-state index >= 15 is 0 Å². The minimum atomic E-state index is -0.586. The topological polar surface area (TPSA) is 66.9 Å². The first-order valence-corrected chi connectivity index (χ1v) is 3.83. The fourth-order valence-corrected chi connectivity index (χ4v) is 0.970. The van der Waals surface area contributed by atoms with Crippen LogP contribution in [0.1, 0.15) is 12.2 Å². The van der Waals surface area contributed by atoms with E-state index in [9.17, 15) is 4.79 Å². The largest absolute Gasteiger partial charge is 0.360 e. The molecule has 0 saturated carbocycles. The van der Waals surface area contributed by atoms with E-state index in [1.165, 1.54) is 0 Å². The van der Waals surface area contributed by atoms with Crippen LogP contribution in [-0.4, -0.2) is 11.1 Å². The quantitative estimate of drug-likeness (QED) is 0.764. The minimum Gasteiger partial charge on any atom is -0.360 e. The van der Waals surface area contributed by atoms with Gasteiger partial charge in [0.1, 0.15) is 10.4 Å². The summed E-state index contributed by atoms with van der Waals surface area (Å²) in [7, 11) is 0. The van der Waals surface area contributed by atoms with E-state index < -0.39 is 5.91 Å². The predicted molar refractivity (Wildman–Crippen MR) is 40.6 cm³/mol. The zero-order valence-corrected chi connectivity index (χ0v) is 7.22. The van der Waals surface area contributed by atoms with Crippen LogP contribution < -0.4 is 5.73 Å². The Hall–Kier alpha value is -0.840. The molecule has 5 heteroatoms. The average molecular weight is 218 g/mol. The molecule has 0 atom stereocenters. The Bertz CT molecular complexity index is 259. The van der Waals surface area contributed by atoms with Crippen molar-refractivity contribution >= 4 is 21.8 Å². The van der Waals surface area contributed by atoms with Gasteiger partial charge in [0, 0.05) is 18.9 Å². The van der Waals surface area contributed by atoms with Crippen LogP contribution in [-0.2, 0) is 11.2 Å². The molecule has 1 aromatic rings. The first kappa shape index (κ1) is 8.26. The first-order chi connectivity index (χ1) is 5.18. The zero-order valence-electron chi connectivity index (χ0n) is 5.63. The van der Waals surface area contributed by atoms with Gasteiger partial charge in [-0.2, -0.15) is 0 Å². The molecule has 0 aliphatic carbocycles. The standard InChI is InChI=1S/C6H6BrN2O2/c7-5-3-4(11-9-5)1-2-6(8)10/h3,8H,1-2H2. The van der Waals surface area contributed by atoms with Gasteiger partial charge in [-0.1, -0.05) is 5.16 Å². The Morgan fingerprint density at radius 3 is 3.00 bits per heavy atom. The Balaban J connectivity index is 2.45. The van der Waals surface area contributed by atoms with Crippen LogP contribution in [0.5, 0.6) is 0 Å². The second kappa shape index (κ2) is 3.52. The number of rotatable bonds is 3. The molecule has 11 heavy (non-hydrogen) atoms. The van der Waals surface area contributed by atoms with Crippen LogP contribution in [0.3, 0.4) is 0 Å². The van der Waals surface area contributed by atoms with E-state index in [2.05, 4.69) is 21.1 Å².